The van der Waals surface area contributed by atoms with E-state index in [1.165, 1.54) is 0 Å². The Morgan fingerprint density at radius 1 is 0.929 bits per heavy atom. The molecule has 0 saturated carbocycles. The molecule has 4 aromatic rings. The van der Waals surface area contributed by atoms with Crippen molar-refractivity contribution in [2.45, 2.75) is 6.54 Å². The van der Waals surface area contributed by atoms with Crippen LogP contribution in [0.5, 0.6) is 5.75 Å². The molecule has 0 aliphatic carbocycles. The maximum absolute atomic E-state index is 12.0. The summed E-state index contributed by atoms with van der Waals surface area (Å²) in [6, 6.07) is 20.3. The number of para-hydroxylation sites is 1. The first-order chi connectivity index (χ1) is 13.8. The Morgan fingerprint density at radius 2 is 1.71 bits per heavy atom. The quantitative estimate of drug-likeness (QED) is 0.530. The Kier molecular flexibility index (Phi) is 5.15. The summed E-state index contributed by atoms with van der Waals surface area (Å²) in [5.41, 5.74) is 1.45. The van der Waals surface area contributed by atoms with E-state index in [0.29, 0.717) is 35.4 Å². The van der Waals surface area contributed by atoms with Crippen LogP contribution >= 0.6 is 0 Å². The molecule has 1 N–H and O–H groups in total. The van der Waals surface area contributed by atoms with Gasteiger partial charge in [-0.3, -0.25) is 4.79 Å². The zero-order chi connectivity index (χ0) is 19.2. The normalized spacial score (nSPS) is 10.6. The van der Waals surface area contributed by atoms with Crippen LogP contribution in [0.2, 0.25) is 0 Å². The van der Waals surface area contributed by atoms with Gasteiger partial charge in [0, 0.05) is 5.56 Å². The number of nitrogens with zero attached hydrogens (tertiary/aromatic N) is 2. The molecule has 7 heteroatoms. The van der Waals surface area contributed by atoms with E-state index in [-0.39, 0.29) is 12.5 Å². The molecule has 0 aliphatic rings. The molecular formula is C21H17N3O4. The fourth-order valence-corrected chi connectivity index (χ4v) is 2.59. The lowest BCUT2D eigenvalue weighted by molar-refractivity contribution is -0.123. The summed E-state index contributed by atoms with van der Waals surface area (Å²) in [7, 11) is 0. The van der Waals surface area contributed by atoms with Crippen molar-refractivity contribution in [3.63, 3.8) is 0 Å². The lowest BCUT2D eigenvalue weighted by Gasteiger charge is -2.09. The molecule has 2 aromatic carbocycles. The average Bonchev–Trinajstić information content (AvgIpc) is 3.44. The van der Waals surface area contributed by atoms with E-state index in [2.05, 4.69) is 15.5 Å². The molecule has 4 rings (SSSR count). The molecule has 2 heterocycles. The molecule has 0 aliphatic heterocycles. The van der Waals surface area contributed by atoms with Gasteiger partial charge >= 0.3 is 0 Å². The predicted octanol–water partition coefficient (Wildman–Crippen LogP) is 3.69. The Hall–Kier alpha value is -3.87. The first-order valence-electron chi connectivity index (χ1n) is 8.70. The lowest BCUT2D eigenvalue weighted by atomic mass is 10.2. The third-order valence-corrected chi connectivity index (χ3v) is 3.96. The number of ether oxygens (including phenoxy) is 1. The Labute approximate surface area is 161 Å². The summed E-state index contributed by atoms with van der Waals surface area (Å²) in [6.07, 6.45) is 1.56. The number of hydrogen-bond donors (Lipinski definition) is 1. The number of nitrogens with one attached hydrogen (secondary N) is 1. The van der Waals surface area contributed by atoms with Crippen LogP contribution in [-0.4, -0.2) is 22.7 Å². The number of carbonyl (C=O) groups excluding carboxylic acids is 1. The van der Waals surface area contributed by atoms with Gasteiger partial charge in [0.2, 0.25) is 5.89 Å². The molecule has 0 radical (unpaired) electrons. The van der Waals surface area contributed by atoms with E-state index in [0.717, 1.165) is 5.56 Å². The molecule has 0 fully saturated rings. The van der Waals surface area contributed by atoms with Gasteiger partial charge in [-0.15, -0.1) is 10.2 Å². The van der Waals surface area contributed by atoms with Gasteiger partial charge in [-0.25, -0.2) is 0 Å². The minimum Gasteiger partial charge on any atom is -0.483 e. The number of amides is 1. The van der Waals surface area contributed by atoms with Crippen LogP contribution in [0.15, 0.2) is 81.8 Å². The summed E-state index contributed by atoms with van der Waals surface area (Å²) in [4.78, 5) is 12.0. The summed E-state index contributed by atoms with van der Waals surface area (Å²) in [6.45, 7) is 0.165. The van der Waals surface area contributed by atoms with Crippen molar-refractivity contribution in [1.29, 1.82) is 0 Å². The van der Waals surface area contributed by atoms with Crippen LogP contribution in [0, 0.1) is 0 Å². The van der Waals surface area contributed by atoms with Crippen molar-refractivity contribution in [2.75, 3.05) is 6.61 Å². The van der Waals surface area contributed by atoms with Gasteiger partial charge in [-0.05, 0) is 36.4 Å². The van der Waals surface area contributed by atoms with Crippen molar-refractivity contribution in [1.82, 2.24) is 15.5 Å². The number of aromatic nitrogens is 2. The molecule has 1 amide bonds. The van der Waals surface area contributed by atoms with Gasteiger partial charge in [-0.2, -0.15) is 0 Å². The van der Waals surface area contributed by atoms with E-state index in [1.54, 1.807) is 30.5 Å². The van der Waals surface area contributed by atoms with Crippen molar-refractivity contribution in [2.24, 2.45) is 0 Å². The summed E-state index contributed by atoms with van der Waals surface area (Å²) >= 11 is 0. The highest BCUT2D eigenvalue weighted by Gasteiger charge is 2.15. The molecule has 2 aromatic heterocycles. The first kappa shape index (κ1) is 17.5. The second kappa shape index (κ2) is 8.22. The van der Waals surface area contributed by atoms with Gasteiger partial charge in [0.15, 0.2) is 6.61 Å². The fourth-order valence-electron chi connectivity index (χ4n) is 2.59. The number of carbonyl (C=O) groups is 1. The zero-order valence-corrected chi connectivity index (χ0v) is 14.9. The van der Waals surface area contributed by atoms with Crippen molar-refractivity contribution < 1.29 is 18.4 Å². The van der Waals surface area contributed by atoms with Gasteiger partial charge in [0.1, 0.15) is 11.5 Å². The molecule has 0 bridgehead atoms. The SMILES string of the molecule is O=C(COc1ccccc1-c1nnc(-c2ccccc2)o1)NCc1ccco1. The van der Waals surface area contributed by atoms with Crippen molar-refractivity contribution in [3.8, 4) is 28.7 Å². The summed E-state index contributed by atoms with van der Waals surface area (Å²) in [5.74, 6) is 1.64. The minimum atomic E-state index is -0.262. The second-order valence-corrected chi connectivity index (χ2v) is 5.92. The predicted molar refractivity (Wildman–Crippen MR) is 101 cm³/mol. The van der Waals surface area contributed by atoms with E-state index < -0.39 is 0 Å². The monoisotopic (exact) mass is 375 g/mol. The second-order valence-electron chi connectivity index (χ2n) is 5.92. The highest BCUT2D eigenvalue weighted by molar-refractivity contribution is 5.77. The highest BCUT2D eigenvalue weighted by Crippen LogP contribution is 2.30. The highest BCUT2D eigenvalue weighted by atomic mass is 16.5. The molecular weight excluding hydrogens is 358 g/mol. The van der Waals surface area contributed by atoms with Crippen LogP contribution in [0.3, 0.4) is 0 Å². The zero-order valence-electron chi connectivity index (χ0n) is 14.9. The van der Waals surface area contributed by atoms with Gasteiger partial charge in [0.05, 0.1) is 18.4 Å². The van der Waals surface area contributed by atoms with Gasteiger partial charge in [-0.1, -0.05) is 30.3 Å². The largest absolute Gasteiger partial charge is 0.483 e. The van der Waals surface area contributed by atoms with Crippen molar-refractivity contribution in [3.05, 3.63) is 78.8 Å². The van der Waals surface area contributed by atoms with Crippen LogP contribution in [-0.2, 0) is 11.3 Å². The minimum absolute atomic E-state index is 0.141. The average molecular weight is 375 g/mol. The number of hydrogen-bond acceptors (Lipinski definition) is 6. The molecule has 0 spiro atoms. The van der Waals surface area contributed by atoms with Crippen LogP contribution in [0.1, 0.15) is 5.76 Å². The maximum atomic E-state index is 12.0. The Balaban J connectivity index is 1.44. The van der Waals surface area contributed by atoms with E-state index in [1.807, 2.05) is 42.5 Å². The molecule has 0 atom stereocenters. The van der Waals surface area contributed by atoms with E-state index >= 15 is 0 Å². The van der Waals surface area contributed by atoms with Crippen LogP contribution in [0.25, 0.3) is 22.9 Å². The molecule has 28 heavy (non-hydrogen) atoms. The van der Waals surface area contributed by atoms with Gasteiger partial charge in [0.25, 0.3) is 11.8 Å². The molecule has 0 saturated heterocycles. The number of furan rings is 1. The number of rotatable bonds is 7. The van der Waals surface area contributed by atoms with Crippen LogP contribution < -0.4 is 10.1 Å². The fraction of sp³-hybridized carbons (Fsp3) is 0.0952. The van der Waals surface area contributed by atoms with Crippen molar-refractivity contribution >= 4 is 5.91 Å². The lowest BCUT2D eigenvalue weighted by Crippen LogP contribution is -2.28. The standard InChI is InChI=1S/C21H17N3O4/c25-19(22-13-16-9-6-12-26-16)14-27-18-11-5-4-10-17(18)21-24-23-20(28-21)15-7-2-1-3-8-15/h1-12H,13-14H2,(H,22,25). The van der Waals surface area contributed by atoms with Gasteiger partial charge < -0.3 is 18.9 Å². The topological polar surface area (TPSA) is 90.4 Å². The smallest absolute Gasteiger partial charge is 0.258 e. The molecule has 7 nitrogen and oxygen atoms in total. The number of benzene rings is 2. The summed E-state index contributed by atoms with van der Waals surface area (Å²) in [5, 5.41) is 10.9. The first-order valence-corrected chi connectivity index (χ1v) is 8.70. The molecule has 0 unspecified atom stereocenters. The van der Waals surface area contributed by atoms with Crippen LogP contribution in [0.4, 0.5) is 0 Å². The third kappa shape index (κ3) is 4.09. The third-order valence-electron chi connectivity index (χ3n) is 3.96. The Bertz CT molecular complexity index is 1040. The maximum Gasteiger partial charge on any atom is 0.258 e. The molecule has 140 valence electrons. The summed E-state index contributed by atoms with van der Waals surface area (Å²) < 4.78 is 16.6. The van der Waals surface area contributed by atoms with E-state index in [4.69, 9.17) is 13.6 Å². The Morgan fingerprint density at radius 3 is 2.54 bits per heavy atom. The van der Waals surface area contributed by atoms with E-state index in [9.17, 15) is 4.79 Å².